The van der Waals surface area contributed by atoms with Gasteiger partial charge in [-0.15, -0.1) is 0 Å². The number of para-hydroxylation sites is 1. The molecule has 0 saturated heterocycles. The molecule has 0 atom stereocenters. The fraction of sp³-hybridized carbons (Fsp3) is 0.125. The van der Waals surface area contributed by atoms with Gasteiger partial charge in [-0.1, -0.05) is 12.1 Å². The summed E-state index contributed by atoms with van der Waals surface area (Å²) in [6.45, 7) is 0. The third-order valence-corrected chi connectivity index (χ3v) is 3.41. The second kappa shape index (κ2) is 4.35. The van der Waals surface area contributed by atoms with Gasteiger partial charge in [0.25, 0.3) is 0 Å². The highest BCUT2D eigenvalue weighted by molar-refractivity contribution is 6.21. The lowest BCUT2D eigenvalue weighted by Crippen LogP contribution is -2.25. The minimum atomic E-state index is 0.0892. The average Bonchev–Trinajstić information content (AvgIpc) is 2.67. The summed E-state index contributed by atoms with van der Waals surface area (Å²) in [6, 6.07) is 11.7. The van der Waals surface area contributed by atoms with E-state index in [9.17, 15) is 4.79 Å². The van der Waals surface area contributed by atoms with Gasteiger partial charge in [0.1, 0.15) is 7.05 Å². The molecule has 0 saturated carbocycles. The third kappa shape index (κ3) is 1.93. The Kier molecular flexibility index (Phi) is 2.67. The van der Waals surface area contributed by atoms with E-state index in [0.717, 1.165) is 22.5 Å². The molecule has 0 aliphatic carbocycles. The molecule has 3 rings (SSSR count). The van der Waals surface area contributed by atoms with Crippen molar-refractivity contribution in [3.63, 3.8) is 0 Å². The van der Waals surface area contributed by atoms with Crippen molar-refractivity contribution in [3.05, 3.63) is 65.6 Å². The van der Waals surface area contributed by atoms with Gasteiger partial charge in [-0.25, -0.2) is 4.57 Å². The number of allylic oxidation sites excluding steroid dienone is 1. The van der Waals surface area contributed by atoms with Gasteiger partial charge in [0.2, 0.25) is 5.78 Å². The zero-order valence-corrected chi connectivity index (χ0v) is 11.0. The van der Waals surface area contributed by atoms with Crippen LogP contribution in [0.15, 0.2) is 54.5 Å². The number of anilines is 1. The lowest BCUT2D eigenvalue weighted by Gasteiger charge is -2.12. The van der Waals surface area contributed by atoms with Crippen molar-refractivity contribution in [3.8, 4) is 0 Å². The summed E-state index contributed by atoms with van der Waals surface area (Å²) in [6.07, 6.45) is 5.88. The van der Waals surface area contributed by atoms with Crippen LogP contribution in [0.1, 0.15) is 15.9 Å². The highest BCUT2D eigenvalue weighted by Crippen LogP contribution is 2.33. The number of pyridine rings is 1. The molecule has 3 heteroatoms. The SMILES string of the molecule is CN1/C(=C/c2cc[n+](C)cc2)C(=O)c2ccccc21. The van der Waals surface area contributed by atoms with Crippen molar-refractivity contribution >= 4 is 17.5 Å². The van der Waals surface area contributed by atoms with Crippen LogP contribution in [-0.4, -0.2) is 12.8 Å². The number of hydrogen-bond acceptors (Lipinski definition) is 2. The molecule has 19 heavy (non-hydrogen) atoms. The largest absolute Gasteiger partial charge is 0.341 e. The van der Waals surface area contributed by atoms with Crippen LogP contribution < -0.4 is 9.47 Å². The zero-order valence-electron chi connectivity index (χ0n) is 11.0. The number of ketones is 1. The van der Waals surface area contributed by atoms with Gasteiger partial charge < -0.3 is 4.90 Å². The fourth-order valence-electron chi connectivity index (χ4n) is 2.31. The lowest BCUT2D eigenvalue weighted by molar-refractivity contribution is -0.671. The number of aromatic nitrogens is 1. The summed E-state index contributed by atoms with van der Waals surface area (Å²) in [5, 5.41) is 0. The minimum absolute atomic E-state index is 0.0892. The molecule has 0 radical (unpaired) electrons. The predicted molar refractivity (Wildman–Crippen MR) is 74.8 cm³/mol. The summed E-state index contributed by atoms with van der Waals surface area (Å²) in [5.41, 5.74) is 3.49. The molecule has 1 aromatic heterocycles. The van der Waals surface area contributed by atoms with Crippen LogP contribution in [0.5, 0.6) is 0 Å². The van der Waals surface area contributed by atoms with Crippen molar-refractivity contribution in [2.75, 3.05) is 11.9 Å². The van der Waals surface area contributed by atoms with Crippen LogP contribution in [0.25, 0.3) is 6.08 Å². The van der Waals surface area contributed by atoms with E-state index in [-0.39, 0.29) is 5.78 Å². The van der Waals surface area contributed by atoms with E-state index in [1.165, 1.54) is 0 Å². The Morgan fingerprint density at radius 1 is 1.11 bits per heavy atom. The number of Topliss-reactive ketones (excluding diaryl/α,β-unsaturated/α-hetero) is 1. The molecule has 0 bridgehead atoms. The van der Waals surface area contributed by atoms with Crippen LogP contribution >= 0.6 is 0 Å². The molecular formula is C16H15N2O+. The van der Waals surface area contributed by atoms with E-state index in [1.54, 1.807) is 0 Å². The van der Waals surface area contributed by atoms with Crippen molar-refractivity contribution < 1.29 is 9.36 Å². The standard InChI is InChI=1S/C16H15N2O/c1-17-9-7-12(8-10-17)11-15-16(19)13-5-3-4-6-14(13)18(15)2/h3-11H,1-2H3/q+1. The highest BCUT2D eigenvalue weighted by atomic mass is 16.1. The molecule has 2 heterocycles. The number of carbonyl (C=O) groups is 1. The predicted octanol–water partition coefficient (Wildman–Crippen LogP) is 2.18. The van der Waals surface area contributed by atoms with Crippen LogP contribution in [0, 0.1) is 0 Å². The van der Waals surface area contributed by atoms with Gasteiger partial charge in [0.05, 0.1) is 11.4 Å². The smallest absolute Gasteiger partial charge is 0.211 e. The van der Waals surface area contributed by atoms with E-state index in [0.29, 0.717) is 0 Å². The molecule has 0 N–H and O–H groups in total. The van der Waals surface area contributed by atoms with Gasteiger partial charge in [-0.3, -0.25) is 4.79 Å². The molecule has 0 amide bonds. The van der Waals surface area contributed by atoms with Crippen molar-refractivity contribution in [1.82, 2.24) is 0 Å². The van der Waals surface area contributed by atoms with Crippen LogP contribution in [0.2, 0.25) is 0 Å². The molecule has 94 valence electrons. The Morgan fingerprint density at radius 2 is 1.79 bits per heavy atom. The number of benzene rings is 1. The zero-order chi connectivity index (χ0) is 13.4. The number of hydrogen-bond donors (Lipinski definition) is 0. The Morgan fingerprint density at radius 3 is 2.47 bits per heavy atom. The number of nitrogens with zero attached hydrogens (tertiary/aromatic N) is 2. The first-order chi connectivity index (χ1) is 9.16. The maximum absolute atomic E-state index is 12.4. The number of rotatable bonds is 1. The summed E-state index contributed by atoms with van der Waals surface area (Å²) in [5.74, 6) is 0.0892. The molecule has 3 nitrogen and oxygen atoms in total. The maximum Gasteiger partial charge on any atom is 0.211 e. The molecule has 1 aliphatic heterocycles. The minimum Gasteiger partial charge on any atom is -0.341 e. The molecule has 0 fully saturated rings. The number of carbonyl (C=O) groups excluding carboxylic acids is 1. The molecule has 0 spiro atoms. The Hall–Kier alpha value is -2.42. The first kappa shape index (κ1) is 11.7. The van der Waals surface area contributed by atoms with Crippen LogP contribution in [0.4, 0.5) is 5.69 Å². The van der Waals surface area contributed by atoms with Crippen LogP contribution in [-0.2, 0) is 7.05 Å². The maximum atomic E-state index is 12.4. The van der Waals surface area contributed by atoms with Crippen LogP contribution in [0.3, 0.4) is 0 Å². The molecule has 1 aromatic carbocycles. The summed E-state index contributed by atoms with van der Waals surface area (Å²) >= 11 is 0. The third-order valence-electron chi connectivity index (χ3n) is 3.41. The molecule has 2 aromatic rings. The van der Waals surface area contributed by atoms with Crippen molar-refractivity contribution in [1.29, 1.82) is 0 Å². The normalized spacial score (nSPS) is 16.0. The molecular weight excluding hydrogens is 236 g/mol. The monoisotopic (exact) mass is 251 g/mol. The second-order valence-electron chi connectivity index (χ2n) is 4.73. The van der Waals surface area contributed by atoms with E-state index >= 15 is 0 Å². The van der Waals surface area contributed by atoms with E-state index in [1.807, 2.05) is 78.4 Å². The van der Waals surface area contributed by atoms with Gasteiger partial charge in [0, 0.05) is 24.7 Å². The van der Waals surface area contributed by atoms with Gasteiger partial charge in [0.15, 0.2) is 12.4 Å². The Balaban J connectivity index is 2.04. The highest BCUT2D eigenvalue weighted by Gasteiger charge is 2.28. The lowest BCUT2D eigenvalue weighted by atomic mass is 10.1. The number of aryl methyl sites for hydroxylation is 1. The molecule has 0 unspecified atom stereocenters. The quantitative estimate of drug-likeness (QED) is 0.573. The van der Waals surface area contributed by atoms with E-state index < -0.39 is 0 Å². The first-order valence-corrected chi connectivity index (χ1v) is 6.21. The summed E-state index contributed by atoms with van der Waals surface area (Å²) < 4.78 is 1.97. The van der Waals surface area contributed by atoms with Gasteiger partial charge >= 0.3 is 0 Å². The average molecular weight is 251 g/mol. The number of likely N-dealkylation sites (N-methyl/N-ethyl adjacent to an activating group) is 1. The summed E-state index contributed by atoms with van der Waals surface area (Å²) in [7, 11) is 3.90. The van der Waals surface area contributed by atoms with Gasteiger partial charge in [-0.2, -0.15) is 0 Å². The second-order valence-corrected chi connectivity index (χ2v) is 4.73. The van der Waals surface area contributed by atoms with Gasteiger partial charge in [-0.05, 0) is 23.8 Å². The van der Waals surface area contributed by atoms with Crippen molar-refractivity contribution in [2.24, 2.45) is 7.05 Å². The molecule has 1 aliphatic rings. The fourth-order valence-corrected chi connectivity index (χ4v) is 2.31. The summed E-state index contributed by atoms with van der Waals surface area (Å²) in [4.78, 5) is 14.3. The number of fused-ring (bicyclic) bond motifs is 1. The topological polar surface area (TPSA) is 24.2 Å². The van der Waals surface area contributed by atoms with Crippen molar-refractivity contribution in [2.45, 2.75) is 0 Å². The van der Waals surface area contributed by atoms with E-state index in [2.05, 4.69) is 0 Å². The Bertz CT molecular complexity index is 671. The first-order valence-electron chi connectivity index (χ1n) is 6.21. The van der Waals surface area contributed by atoms with E-state index in [4.69, 9.17) is 0 Å². The Labute approximate surface area is 112 Å².